The predicted octanol–water partition coefficient (Wildman–Crippen LogP) is 2.77. The topological polar surface area (TPSA) is 146 Å². The number of hydrogen-bond acceptors (Lipinski definition) is 14. The van der Waals surface area contributed by atoms with Crippen LogP contribution in [0.15, 0.2) is 58.6 Å². The normalized spacial score (nSPS) is 15.9. The number of morpholine rings is 2. The summed E-state index contributed by atoms with van der Waals surface area (Å²) in [7, 11) is 0. The Hall–Kier alpha value is -4.90. The van der Waals surface area contributed by atoms with Crippen LogP contribution in [0.1, 0.15) is 0 Å². The standard InChI is InChI=1S/C30H24N10O4S2/c41-27-23-19(21-25(45-23)33-6-4-31-21)35-29(37-8-12-43-13-9-37)39(27)17-2-1-3-18(16-17)40-28(42)24-20(22-26(46-24)34-7-5-32-22)36-30(40)38-10-14-44-15-11-38/h1-7,16H,8-15H2. The zero-order valence-electron chi connectivity index (χ0n) is 24.2. The summed E-state index contributed by atoms with van der Waals surface area (Å²) in [5, 5.41) is 0. The van der Waals surface area contributed by atoms with E-state index in [0.29, 0.717) is 117 Å². The molecular formula is C30H24N10O4S2. The molecule has 2 saturated heterocycles. The molecule has 6 aromatic heterocycles. The third-order valence-electron chi connectivity index (χ3n) is 8.16. The first kappa shape index (κ1) is 27.4. The van der Waals surface area contributed by atoms with Crippen LogP contribution < -0.4 is 20.9 Å². The maximum absolute atomic E-state index is 14.4. The van der Waals surface area contributed by atoms with Gasteiger partial charge in [0, 0.05) is 51.0 Å². The van der Waals surface area contributed by atoms with Gasteiger partial charge in [0.2, 0.25) is 11.9 Å². The molecule has 7 aromatic rings. The number of anilines is 2. The monoisotopic (exact) mass is 652 g/mol. The average molecular weight is 653 g/mol. The van der Waals surface area contributed by atoms with Gasteiger partial charge < -0.3 is 19.3 Å². The third kappa shape index (κ3) is 4.28. The van der Waals surface area contributed by atoms with Crippen molar-refractivity contribution in [1.29, 1.82) is 0 Å². The first-order chi connectivity index (χ1) is 22.7. The van der Waals surface area contributed by atoms with E-state index in [-0.39, 0.29) is 11.1 Å². The minimum Gasteiger partial charge on any atom is -0.378 e. The zero-order chi connectivity index (χ0) is 30.8. The molecular weight excluding hydrogens is 629 g/mol. The van der Waals surface area contributed by atoms with Gasteiger partial charge in [-0.2, -0.15) is 0 Å². The lowest BCUT2D eigenvalue weighted by Crippen LogP contribution is -2.40. The Morgan fingerprint density at radius 3 is 1.48 bits per heavy atom. The van der Waals surface area contributed by atoms with Gasteiger partial charge in [-0.15, -0.1) is 22.7 Å². The molecule has 9 rings (SSSR count). The van der Waals surface area contributed by atoms with Crippen molar-refractivity contribution in [3.63, 3.8) is 0 Å². The van der Waals surface area contributed by atoms with Gasteiger partial charge >= 0.3 is 0 Å². The van der Waals surface area contributed by atoms with Crippen LogP contribution in [0.5, 0.6) is 0 Å². The van der Waals surface area contributed by atoms with Crippen molar-refractivity contribution in [3.8, 4) is 11.4 Å². The summed E-state index contributed by atoms with van der Waals surface area (Å²) in [5.74, 6) is 0.971. The number of benzene rings is 1. The maximum atomic E-state index is 14.4. The Balaban J connectivity index is 1.29. The summed E-state index contributed by atoms with van der Waals surface area (Å²) in [6, 6.07) is 7.38. The lowest BCUT2D eigenvalue weighted by atomic mass is 10.2. The molecule has 14 nitrogen and oxygen atoms in total. The molecule has 16 heteroatoms. The molecule has 0 unspecified atom stereocenters. The van der Waals surface area contributed by atoms with Gasteiger partial charge in [0.25, 0.3) is 11.1 Å². The fraction of sp³-hybridized carbons (Fsp3) is 0.267. The molecule has 0 atom stereocenters. The van der Waals surface area contributed by atoms with Gasteiger partial charge in [-0.25, -0.2) is 39.0 Å². The molecule has 0 saturated carbocycles. The van der Waals surface area contributed by atoms with Gasteiger partial charge in [0.15, 0.2) is 0 Å². The molecule has 0 N–H and O–H groups in total. The van der Waals surface area contributed by atoms with Gasteiger partial charge in [-0.3, -0.25) is 9.59 Å². The van der Waals surface area contributed by atoms with Crippen molar-refractivity contribution in [2.75, 3.05) is 62.4 Å². The summed E-state index contributed by atoms with van der Waals surface area (Å²) in [4.78, 5) is 62.0. The smallest absolute Gasteiger partial charge is 0.277 e. The number of nitrogens with zero attached hydrogens (tertiary/aromatic N) is 10. The van der Waals surface area contributed by atoms with E-state index in [1.165, 1.54) is 22.7 Å². The molecule has 2 aliphatic rings. The molecule has 0 radical (unpaired) electrons. The molecule has 2 aliphatic heterocycles. The molecule has 0 bridgehead atoms. The van der Waals surface area contributed by atoms with E-state index in [1.807, 2.05) is 34.1 Å². The summed E-state index contributed by atoms with van der Waals surface area (Å²) >= 11 is 2.55. The Kier molecular flexibility index (Phi) is 6.48. The minimum absolute atomic E-state index is 0.232. The van der Waals surface area contributed by atoms with E-state index in [2.05, 4.69) is 19.9 Å². The van der Waals surface area contributed by atoms with Crippen LogP contribution in [0.2, 0.25) is 0 Å². The van der Waals surface area contributed by atoms with Gasteiger partial charge in [0.1, 0.15) is 41.1 Å². The predicted molar refractivity (Wildman–Crippen MR) is 176 cm³/mol. The summed E-state index contributed by atoms with van der Waals surface area (Å²) in [6.07, 6.45) is 6.44. The lowest BCUT2D eigenvalue weighted by Gasteiger charge is -2.30. The van der Waals surface area contributed by atoms with Crippen LogP contribution in [0, 0.1) is 0 Å². The molecule has 230 valence electrons. The maximum Gasteiger partial charge on any atom is 0.277 e. The fourth-order valence-corrected chi connectivity index (χ4v) is 7.94. The number of thiophene rings is 2. The van der Waals surface area contributed by atoms with Crippen LogP contribution in [0.4, 0.5) is 11.9 Å². The van der Waals surface area contributed by atoms with Crippen molar-refractivity contribution in [2.45, 2.75) is 0 Å². The summed E-state index contributed by atoms with van der Waals surface area (Å²) < 4.78 is 15.4. The Morgan fingerprint density at radius 2 is 1.02 bits per heavy atom. The van der Waals surface area contributed by atoms with Crippen molar-refractivity contribution in [1.82, 2.24) is 39.0 Å². The van der Waals surface area contributed by atoms with Crippen LogP contribution in [-0.2, 0) is 9.47 Å². The second kappa shape index (κ2) is 10.9. The fourth-order valence-electron chi connectivity index (χ4n) is 6.00. The second-order valence-corrected chi connectivity index (χ2v) is 12.8. The molecule has 8 heterocycles. The highest BCUT2D eigenvalue weighted by molar-refractivity contribution is 7.25. The van der Waals surface area contributed by atoms with E-state index in [1.54, 1.807) is 33.9 Å². The number of ether oxygens (including phenoxy) is 2. The largest absolute Gasteiger partial charge is 0.378 e. The number of rotatable bonds is 4. The highest BCUT2D eigenvalue weighted by Gasteiger charge is 2.26. The van der Waals surface area contributed by atoms with Crippen molar-refractivity contribution in [3.05, 3.63) is 69.8 Å². The molecule has 0 amide bonds. The highest BCUT2D eigenvalue weighted by atomic mass is 32.1. The Bertz CT molecular complexity index is 2260. The molecule has 46 heavy (non-hydrogen) atoms. The van der Waals surface area contributed by atoms with Gasteiger partial charge in [-0.05, 0) is 18.2 Å². The first-order valence-electron chi connectivity index (χ1n) is 14.7. The summed E-state index contributed by atoms with van der Waals surface area (Å²) in [6.45, 7) is 4.34. The zero-order valence-corrected chi connectivity index (χ0v) is 25.8. The molecule has 0 spiro atoms. The van der Waals surface area contributed by atoms with E-state index >= 15 is 0 Å². The van der Waals surface area contributed by atoms with Crippen molar-refractivity contribution in [2.24, 2.45) is 0 Å². The lowest BCUT2D eigenvalue weighted by molar-refractivity contribution is 0.121. The van der Waals surface area contributed by atoms with Gasteiger partial charge in [-0.1, -0.05) is 6.07 Å². The highest BCUT2D eigenvalue weighted by Crippen LogP contribution is 2.32. The van der Waals surface area contributed by atoms with E-state index in [0.717, 1.165) is 0 Å². The van der Waals surface area contributed by atoms with Crippen LogP contribution >= 0.6 is 22.7 Å². The van der Waals surface area contributed by atoms with E-state index in [4.69, 9.17) is 19.4 Å². The number of hydrogen-bond donors (Lipinski definition) is 0. The van der Waals surface area contributed by atoms with Crippen molar-refractivity contribution < 1.29 is 9.47 Å². The minimum atomic E-state index is -0.232. The van der Waals surface area contributed by atoms with Crippen LogP contribution in [0.25, 0.3) is 52.5 Å². The average Bonchev–Trinajstić information content (AvgIpc) is 3.68. The van der Waals surface area contributed by atoms with Crippen LogP contribution in [0.3, 0.4) is 0 Å². The van der Waals surface area contributed by atoms with Crippen LogP contribution in [-0.4, -0.2) is 91.6 Å². The van der Waals surface area contributed by atoms with Gasteiger partial charge in [0.05, 0.1) is 37.8 Å². The first-order valence-corrected chi connectivity index (χ1v) is 16.4. The Morgan fingerprint density at radius 1 is 0.587 bits per heavy atom. The van der Waals surface area contributed by atoms with Crippen molar-refractivity contribution >= 4 is 75.7 Å². The quantitative estimate of drug-likeness (QED) is 0.276. The summed E-state index contributed by atoms with van der Waals surface area (Å²) in [5.41, 5.74) is 2.92. The van der Waals surface area contributed by atoms with E-state index < -0.39 is 0 Å². The molecule has 0 aliphatic carbocycles. The van der Waals surface area contributed by atoms with E-state index in [9.17, 15) is 9.59 Å². The Labute approximate surface area is 267 Å². The number of fused-ring (bicyclic) bond motifs is 6. The SMILES string of the molecule is O=c1c2sc3nccnc3c2nc(N2CCOCC2)n1-c1cccc(-n2c(N3CCOCC3)nc3c(sc4nccnc43)c2=O)c1. The molecule has 2 fully saturated rings. The molecule has 1 aromatic carbocycles. The third-order valence-corrected chi connectivity index (χ3v) is 10.3. The number of aromatic nitrogens is 8. The second-order valence-electron chi connectivity index (χ2n) is 10.8.